The summed E-state index contributed by atoms with van der Waals surface area (Å²) in [6, 6.07) is 1.94. The Labute approximate surface area is 109 Å². The Balaban J connectivity index is 0.000000180. The van der Waals surface area contributed by atoms with Gasteiger partial charge in [0.25, 0.3) is 0 Å². The fourth-order valence-electron chi connectivity index (χ4n) is 1.25. The first kappa shape index (κ1) is 14.2. The zero-order valence-electron chi connectivity index (χ0n) is 11.4. The van der Waals surface area contributed by atoms with Crippen LogP contribution in [-0.4, -0.2) is 19.9 Å². The lowest BCUT2D eigenvalue weighted by atomic mass is 10.1. The van der Waals surface area contributed by atoms with Crippen molar-refractivity contribution in [3.8, 4) is 0 Å². The fraction of sp³-hybridized carbons (Fsp3) is 0.429. The van der Waals surface area contributed by atoms with E-state index in [1.165, 1.54) is 5.56 Å². The highest BCUT2D eigenvalue weighted by molar-refractivity contribution is 5.06. The van der Waals surface area contributed by atoms with Crippen LogP contribution in [0, 0.1) is 0 Å². The standard InChI is InChI=1S/2C7H10N2/c1-6(2)7-3-8-5-9-4-7;1-6(2)7-3-4-8-5-9-7/h2*3-6H,1-2H3. The van der Waals surface area contributed by atoms with Gasteiger partial charge in [-0.2, -0.15) is 0 Å². The van der Waals surface area contributed by atoms with Crippen molar-refractivity contribution in [1.82, 2.24) is 19.9 Å². The number of nitrogens with zero attached hydrogens (tertiary/aromatic N) is 4. The normalized spacial score (nSPS) is 10.1. The molecule has 4 nitrogen and oxygen atoms in total. The van der Waals surface area contributed by atoms with Crippen molar-refractivity contribution in [2.75, 3.05) is 0 Å². The van der Waals surface area contributed by atoms with E-state index in [1.807, 2.05) is 18.5 Å². The lowest BCUT2D eigenvalue weighted by Crippen LogP contribution is -1.90. The predicted molar refractivity (Wildman–Crippen MR) is 72.2 cm³/mol. The summed E-state index contributed by atoms with van der Waals surface area (Å²) in [6.45, 7) is 8.47. The third-order valence-electron chi connectivity index (χ3n) is 2.44. The lowest BCUT2D eigenvalue weighted by molar-refractivity contribution is 0.814. The molecule has 2 aromatic heterocycles. The average Bonchev–Trinajstić information content (AvgIpc) is 2.41. The van der Waals surface area contributed by atoms with E-state index < -0.39 is 0 Å². The third kappa shape index (κ3) is 4.99. The molecule has 0 unspecified atom stereocenters. The van der Waals surface area contributed by atoms with Gasteiger partial charge in [0.15, 0.2) is 0 Å². The SMILES string of the molecule is CC(C)c1ccncn1.CC(C)c1cncnc1. The molecule has 4 heteroatoms. The van der Waals surface area contributed by atoms with Crippen LogP contribution in [0.4, 0.5) is 0 Å². The number of hydrogen-bond donors (Lipinski definition) is 0. The second kappa shape index (κ2) is 7.48. The zero-order valence-corrected chi connectivity index (χ0v) is 11.4. The molecule has 0 aromatic carbocycles. The minimum atomic E-state index is 0.507. The maximum atomic E-state index is 4.07. The Bertz CT molecular complexity index is 383. The van der Waals surface area contributed by atoms with Gasteiger partial charge in [0.1, 0.15) is 12.7 Å². The maximum absolute atomic E-state index is 4.07. The van der Waals surface area contributed by atoms with Crippen LogP contribution in [0.3, 0.4) is 0 Å². The van der Waals surface area contributed by atoms with E-state index in [4.69, 9.17) is 0 Å². The Morgan fingerprint density at radius 2 is 1.50 bits per heavy atom. The Hall–Kier alpha value is -1.84. The lowest BCUT2D eigenvalue weighted by Gasteiger charge is -1.99. The van der Waals surface area contributed by atoms with Crippen molar-refractivity contribution in [2.24, 2.45) is 0 Å². The molecule has 0 saturated carbocycles. The monoisotopic (exact) mass is 244 g/mol. The molecule has 0 aliphatic carbocycles. The van der Waals surface area contributed by atoms with Gasteiger partial charge in [-0.3, -0.25) is 0 Å². The smallest absolute Gasteiger partial charge is 0.115 e. The molecule has 0 atom stereocenters. The van der Waals surface area contributed by atoms with Gasteiger partial charge in [0.2, 0.25) is 0 Å². The van der Waals surface area contributed by atoms with E-state index in [2.05, 4.69) is 47.6 Å². The quantitative estimate of drug-likeness (QED) is 0.814. The molecule has 0 radical (unpaired) electrons. The van der Waals surface area contributed by atoms with Crippen LogP contribution in [0.5, 0.6) is 0 Å². The van der Waals surface area contributed by atoms with Crippen molar-refractivity contribution in [3.63, 3.8) is 0 Å². The van der Waals surface area contributed by atoms with Crippen molar-refractivity contribution in [3.05, 3.63) is 48.6 Å². The van der Waals surface area contributed by atoms with Crippen LogP contribution >= 0.6 is 0 Å². The highest BCUT2D eigenvalue weighted by atomic mass is 14.8. The minimum Gasteiger partial charge on any atom is -0.245 e. The maximum Gasteiger partial charge on any atom is 0.115 e. The van der Waals surface area contributed by atoms with Gasteiger partial charge in [0.05, 0.1) is 0 Å². The van der Waals surface area contributed by atoms with Crippen LogP contribution in [-0.2, 0) is 0 Å². The second-order valence-corrected chi connectivity index (χ2v) is 4.62. The van der Waals surface area contributed by atoms with Crippen molar-refractivity contribution < 1.29 is 0 Å². The first-order chi connectivity index (χ1) is 8.61. The number of aromatic nitrogens is 4. The summed E-state index contributed by atoms with van der Waals surface area (Å²) in [4.78, 5) is 15.7. The van der Waals surface area contributed by atoms with Gasteiger partial charge in [-0.15, -0.1) is 0 Å². The molecular formula is C14H20N4. The van der Waals surface area contributed by atoms with Gasteiger partial charge >= 0.3 is 0 Å². The highest BCUT2D eigenvalue weighted by Crippen LogP contribution is 2.09. The highest BCUT2D eigenvalue weighted by Gasteiger charge is 1.96. The Morgan fingerprint density at radius 3 is 1.83 bits per heavy atom. The predicted octanol–water partition coefficient (Wildman–Crippen LogP) is 3.20. The third-order valence-corrected chi connectivity index (χ3v) is 2.44. The average molecular weight is 244 g/mol. The molecule has 18 heavy (non-hydrogen) atoms. The van der Waals surface area contributed by atoms with Gasteiger partial charge in [-0.1, -0.05) is 27.7 Å². The van der Waals surface area contributed by atoms with Gasteiger partial charge < -0.3 is 0 Å². The van der Waals surface area contributed by atoms with Crippen LogP contribution in [0.2, 0.25) is 0 Å². The molecule has 0 aliphatic heterocycles. The first-order valence-corrected chi connectivity index (χ1v) is 6.12. The topological polar surface area (TPSA) is 51.6 Å². The molecule has 0 saturated heterocycles. The zero-order chi connectivity index (χ0) is 13.4. The summed E-state index contributed by atoms with van der Waals surface area (Å²) in [5.74, 6) is 1.04. The molecule has 0 fully saturated rings. The summed E-state index contributed by atoms with van der Waals surface area (Å²) in [5.41, 5.74) is 2.29. The molecule has 0 spiro atoms. The van der Waals surface area contributed by atoms with Gasteiger partial charge in [0, 0.05) is 24.3 Å². The fourth-order valence-corrected chi connectivity index (χ4v) is 1.25. The molecule has 2 heterocycles. The van der Waals surface area contributed by atoms with E-state index in [0.717, 1.165) is 5.69 Å². The number of rotatable bonds is 2. The van der Waals surface area contributed by atoms with E-state index in [1.54, 1.807) is 18.9 Å². The van der Waals surface area contributed by atoms with Crippen molar-refractivity contribution in [2.45, 2.75) is 39.5 Å². The summed E-state index contributed by atoms with van der Waals surface area (Å²) < 4.78 is 0. The van der Waals surface area contributed by atoms with Crippen LogP contribution < -0.4 is 0 Å². The molecule has 2 aromatic rings. The Morgan fingerprint density at radius 1 is 0.833 bits per heavy atom. The van der Waals surface area contributed by atoms with E-state index in [9.17, 15) is 0 Å². The van der Waals surface area contributed by atoms with Crippen LogP contribution in [0.1, 0.15) is 50.8 Å². The second-order valence-electron chi connectivity index (χ2n) is 4.62. The molecule has 96 valence electrons. The minimum absolute atomic E-state index is 0.507. The van der Waals surface area contributed by atoms with E-state index >= 15 is 0 Å². The summed E-state index contributed by atoms with van der Waals surface area (Å²) >= 11 is 0. The first-order valence-electron chi connectivity index (χ1n) is 6.12. The van der Waals surface area contributed by atoms with Crippen molar-refractivity contribution >= 4 is 0 Å². The number of hydrogen-bond acceptors (Lipinski definition) is 4. The summed E-state index contributed by atoms with van der Waals surface area (Å²) in [6.07, 6.45) is 8.58. The van der Waals surface area contributed by atoms with Gasteiger partial charge in [-0.25, -0.2) is 19.9 Å². The summed E-state index contributed by atoms with van der Waals surface area (Å²) in [5, 5.41) is 0. The molecule has 0 amide bonds. The van der Waals surface area contributed by atoms with Crippen LogP contribution in [0.15, 0.2) is 37.3 Å². The molecule has 0 bridgehead atoms. The summed E-state index contributed by atoms with van der Waals surface area (Å²) in [7, 11) is 0. The Kier molecular flexibility index (Phi) is 5.91. The van der Waals surface area contributed by atoms with Gasteiger partial charge in [-0.05, 0) is 23.5 Å². The van der Waals surface area contributed by atoms with E-state index in [0.29, 0.717) is 11.8 Å². The van der Waals surface area contributed by atoms with Crippen molar-refractivity contribution in [1.29, 1.82) is 0 Å². The molecule has 0 N–H and O–H groups in total. The largest absolute Gasteiger partial charge is 0.245 e. The van der Waals surface area contributed by atoms with E-state index in [-0.39, 0.29) is 0 Å². The van der Waals surface area contributed by atoms with Crippen LogP contribution in [0.25, 0.3) is 0 Å². The molecule has 2 rings (SSSR count). The molecular weight excluding hydrogens is 224 g/mol. The molecule has 0 aliphatic rings.